The highest BCUT2D eigenvalue weighted by Gasteiger charge is 2.18. The zero-order valence-electron chi connectivity index (χ0n) is 17.2. The molecule has 0 fully saturated rings. The lowest BCUT2D eigenvalue weighted by Crippen LogP contribution is -2.40. The second kappa shape index (κ2) is 8.00. The van der Waals surface area contributed by atoms with Gasteiger partial charge in [-0.15, -0.1) is 11.3 Å². The fourth-order valence-corrected chi connectivity index (χ4v) is 5.16. The summed E-state index contributed by atoms with van der Waals surface area (Å²) < 4.78 is 4.83. The summed E-state index contributed by atoms with van der Waals surface area (Å²) in [6.45, 7) is 2.84. The molecule has 0 aliphatic carbocycles. The van der Waals surface area contributed by atoms with Gasteiger partial charge in [-0.2, -0.15) is 0 Å². The molecule has 0 aliphatic heterocycles. The Hall–Kier alpha value is -3.44. The number of benzene rings is 3. The van der Waals surface area contributed by atoms with Crippen LogP contribution in [0.4, 0.5) is 0 Å². The van der Waals surface area contributed by atoms with Gasteiger partial charge in [-0.1, -0.05) is 78.4 Å². The van der Waals surface area contributed by atoms with E-state index in [0.717, 1.165) is 26.7 Å². The van der Waals surface area contributed by atoms with Crippen molar-refractivity contribution in [2.24, 2.45) is 0 Å². The normalized spacial score (nSPS) is 11.4. The summed E-state index contributed by atoms with van der Waals surface area (Å²) in [5, 5.41) is 0.957. The molecule has 0 atom stereocenters. The number of fused-ring (bicyclic) bond motifs is 3. The third kappa shape index (κ3) is 3.62. The van der Waals surface area contributed by atoms with Gasteiger partial charge in [0.1, 0.15) is 4.70 Å². The second-order valence-corrected chi connectivity index (χ2v) is 8.87. The van der Waals surface area contributed by atoms with E-state index in [-0.39, 0.29) is 11.2 Å². The van der Waals surface area contributed by atoms with Crippen LogP contribution in [-0.2, 0) is 19.5 Å². The van der Waals surface area contributed by atoms with Crippen molar-refractivity contribution in [2.45, 2.75) is 26.4 Å². The third-order valence-electron chi connectivity index (χ3n) is 5.67. The molecule has 5 rings (SSSR count). The van der Waals surface area contributed by atoms with Crippen molar-refractivity contribution in [3.05, 3.63) is 116 Å². The maximum atomic E-state index is 13.6. The number of aromatic nitrogens is 2. The van der Waals surface area contributed by atoms with E-state index in [2.05, 4.69) is 12.1 Å². The number of hydrogen-bond acceptors (Lipinski definition) is 3. The van der Waals surface area contributed by atoms with E-state index in [1.807, 2.05) is 73.7 Å². The minimum absolute atomic E-state index is 0.197. The predicted octanol–water partition coefficient (Wildman–Crippen LogP) is 4.98. The number of rotatable bonds is 5. The third-order valence-corrected chi connectivity index (χ3v) is 6.82. The molecule has 0 spiro atoms. The van der Waals surface area contributed by atoms with Gasteiger partial charge in [0.15, 0.2) is 0 Å². The summed E-state index contributed by atoms with van der Waals surface area (Å²) in [7, 11) is 0. The van der Waals surface area contributed by atoms with Crippen LogP contribution in [0.3, 0.4) is 0 Å². The summed E-state index contributed by atoms with van der Waals surface area (Å²) in [6, 6.07) is 26.1. The van der Waals surface area contributed by atoms with Crippen LogP contribution < -0.4 is 11.2 Å². The maximum Gasteiger partial charge on any atom is 0.331 e. The smallest absolute Gasteiger partial charge is 0.287 e. The molecule has 154 valence electrons. The predicted molar refractivity (Wildman–Crippen MR) is 128 cm³/mol. The van der Waals surface area contributed by atoms with Gasteiger partial charge in [0.25, 0.3) is 5.56 Å². The quantitative estimate of drug-likeness (QED) is 0.398. The summed E-state index contributed by atoms with van der Waals surface area (Å²) in [5.41, 5.74) is 3.62. The molecule has 5 heteroatoms. The van der Waals surface area contributed by atoms with Crippen LogP contribution in [0.15, 0.2) is 88.5 Å². The van der Waals surface area contributed by atoms with Crippen LogP contribution in [0, 0.1) is 6.92 Å². The van der Waals surface area contributed by atoms with Crippen LogP contribution in [0.5, 0.6) is 0 Å². The Morgan fingerprint density at radius 2 is 1.48 bits per heavy atom. The van der Waals surface area contributed by atoms with E-state index in [0.29, 0.717) is 24.2 Å². The van der Waals surface area contributed by atoms with Crippen molar-refractivity contribution in [2.75, 3.05) is 0 Å². The highest BCUT2D eigenvalue weighted by atomic mass is 32.1. The lowest BCUT2D eigenvalue weighted by atomic mass is 10.1. The van der Waals surface area contributed by atoms with E-state index in [9.17, 15) is 9.59 Å². The highest BCUT2D eigenvalue weighted by molar-refractivity contribution is 7.25. The van der Waals surface area contributed by atoms with Gasteiger partial charge in [-0.25, -0.2) is 4.79 Å². The summed E-state index contributed by atoms with van der Waals surface area (Å²) in [5.74, 6) is 0. The number of nitrogens with zero attached hydrogens (tertiary/aromatic N) is 2. The average Bonchev–Trinajstić information content (AvgIpc) is 3.18. The summed E-state index contributed by atoms with van der Waals surface area (Å²) in [6.07, 6.45) is 0.636. The standard InChI is InChI=1S/C26H22N2O2S/c1-18-11-13-20(14-12-18)17-28-23-21-9-5-6-10-22(21)31-24(23)25(29)27(26(28)30)16-15-19-7-3-2-4-8-19/h2-14H,15-17H2,1H3. The molecule has 0 N–H and O–H groups in total. The molecule has 0 aliphatic rings. The first-order valence-electron chi connectivity index (χ1n) is 10.4. The molecule has 4 nitrogen and oxygen atoms in total. The fourth-order valence-electron chi connectivity index (χ4n) is 4.00. The topological polar surface area (TPSA) is 44.0 Å². The monoisotopic (exact) mass is 426 g/mol. The Bertz CT molecular complexity index is 1490. The Morgan fingerprint density at radius 1 is 0.774 bits per heavy atom. The average molecular weight is 427 g/mol. The highest BCUT2D eigenvalue weighted by Crippen LogP contribution is 2.31. The number of aryl methyl sites for hydroxylation is 2. The van der Waals surface area contributed by atoms with Crippen molar-refractivity contribution in [3.63, 3.8) is 0 Å². The summed E-state index contributed by atoms with van der Waals surface area (Å²) >= 11 is 1.47. The van der Waals surface area contributed by atoms with E-state index in [4.69, 9.17) is 0 Å². The fraction of sp³-hybridized carbons (Fsp3) is 0.154. The van der Waals surface area contributed by atoms with Crippen LogP contribution in [0.25, 0.3) is 20.3 Å². The largest absolute Gasteiger partial charge is 0.331 e. The van der Waals surface area contributed by atoms with E-state index in [1.54, 1.807) is 4.57 Å². The van der Waals surface area contributed by atoms with Crippen molar-refractivity contribution >= 4 is 31.6 Å². The molecule has 2 heterocycles. The van der Waals surface area contributed by atoms with Gasteiger partial charge in [-0.05, 0) is 30.5 Å². The van der Waals surface area contributed by atoms with Gasteiger partial charge in [0, 0.05) is 16.6 Å². The lowest BCUT2D eigenvalue weighted by Gasteiger charge is -2.13. The van der Waals surface area contributed by atoms with E-state index < -0.39 is 0 Å². The molecule has 0 radical (unpaired) electrons. The van der Waals surface area contributed by atoms with Gasteiger partial charge in [0.2, 0.25) is 0 Å². The molecular formula is C26H22N2O2S. The van der Waals surface area contributed by atoms with Crippen LogP contribution >= 0.6 is 11.3 Å². The molecule has 0 bridgehead atoms. The van der Waals surface area contributed by atoms with Crippen LogP contribution in [0.2, 0.25) is 0 Å². The molecule has 0 saturated carbocycles. The summed E-state index contributed by atoms with van der Waals surface area (Å²) in [4.78, 5) is 26.9. The second-order valence-electron chi connectivity index (χ2n) is 7.82. The van der Waals surface area contributed by atoms with E-state index >= 15 is 0 Å². The van der Waals surface area contributed by atoms with Crippen molar-refractivity contribution in [1.82, 2.24) is 9.13 Å². The molecule has 3 aromatic carbocycles. The Kier molecular flexibility index (Phi) is 5.04. The van der Waals surface area contributed by atoms with Crippen molar-refractivity contribution in [3.8, 4) is 0 Å². The zero-order chi connectivity index (χ0) is 21.4. The van der Waals surface area contributed by atoms with Gasteiger partial charge < -0.3 is 0 Å². The lowest BCUT2D eigenvalue weighted by molar-refractivity contribution is 0.591. The van der Waals surface area contributed by atoms with Crippen LogP contribution in [0.1, 0.15) is 16.7 Å². The Labute approximate surface area is 183 Å². The number of hydrogen-bond donors (Lipinski definition) is 0. The van der Waals surface area contributed by atoms with Crippen molar-refractivity contribution in [1.29, 1.82) is 0 Å². The Morgan fingerprint density at radius 3 is 2.26 bits per heavy atom. The van der Waals surface area contributed by atoms with Gasteiger partial charge >= 0.3 is 5.69 Å². The molecular weight excluding hydrogens is 404 g/mol. The minimum atomic E-state index is -0.252. The number of thiophene rings is 1. The molecule has 5 aromatic rings. The van der Waals surface area contributed by atoms with Gasteiger partial charge in [-0.3, -0.25) is 13.9 Å². The first-order chi connectivity index (χ1) is 15.1. The van der Waals surface area contributed by atoms with Crippen molar-refractivity contribution < 1.29 is 0 Å². The SMILES string of the molecule is Cc1ccc(Cn2c(=O)n(CCc3ccccc3)c(=O)c3sc4ccccc4c32)cc1. The minimum Gasteiger partial charge on any atom is -0.287 e. The first-order valence-corrected chi connectivity index (χ1v) is 11.2. The van der Waals surface area contributed by atoms with E-state index in [1.165, 1.54) is 21.5 Å². The maximum absolute atomic E-state index is 13.6. The first kappa shape index (κ1) is 19.5. The van der Waals surface area contributed by atoms with Gasteiger partial charge in [0.05, 0.1) is 12.1 Å². The molecule has 0 amide bonds. The Balaban J connectivity index is 1.70. The molecule has 0 unspecified atom stereocenters. The zero-order valence-corrected chi connectivity index (χ0v) is 18.1. The molecule has 31 heavy (non-hydrogen) atoms. The van der Waals surface area contributed by atoms with Crippen LogP contribution in [-0.4, -0.2) is 9.13 Å². The molecule has 2 aromatic heterocycles. The molecule has 0 saturated heterocycles.